The van der Waals surface area contributed by atoms with Crippen LogP contribution in [0, 0.1) is 12.5 Å². The summed E-state index contributed by atoms with van der Waals surface area (Å²) in [6.07, 6.45) is 9.89. The predicted octanol–water partition coefficient (Wildman–Crippen LogP) is 2.54. The van der Waals surface area contributed by atoms with Crippen LogP contribution in [0.15, 0.2) is 23.9 Å². The zero-order valence-corrected chi connectivity index (χ0v) is 7.57. The lowest BCUT2D eigenvalue weighted by molar-refractivity contribution is -0.0598. The van der Waals surface area contributed by atoms with E-state index in [0.717, 1.165) is 25.1 Å². The molecule has 13 heavy (non-hydrogen) atoms. The zero-order valence-electron chi connectivity index (χ0n) is 7.57. The molecule has 2 rings (SSSR count). The number of allylic oxidation sites excluding steroid dienone is 3. The maximum Gasteiger partial charge on any atom is 0.183 e. The van der Waals surface area contributed by atoms with E-state index < -0.39 is 0 Å². The second-order valence-corrected chi connectivity index (χ2v) is 3.62. The second-order valence-electron chi connectivity index (χ2n) is 3.62. The van der Waals surface area contributed by atoms with Gasteiger partial charge < -0.3 is 4.74 Å². The van der Waals surface area contributed by atoms with E-state index in [1.807, 2.05) is 6.08 Å². The van der Waals surface area contributed by atoms with Crippen LogP contribution >= 0.6 is 0 Å². The van der Waals surface area contributed by atoms with Gasteiger partial charge in [0.15, 0.2) is 5.70 Å². The minimum atomic E-state index is 0.458. The molecule has 1 fully saturated rings. The first-order valence-electron chi connectivity index (χ1n) is 4.76. The van der Waals surface area contributed by atoms with Crippen LogP contribution in [0.3, 0.4) is 0 Å². The normalized spacial score (nSPS) is 31.8. The van der Waals surface area contributed by atoms with Crippen molar-refractivity contribution in [1.29, 1.82) is 0 Å². The lowest BCUT2D eigenvalue weighted by atomic mass is 9.91. The van der Waals surface area contributed by atoms with Gasteiger partial charge in [0.1, 0.15) is 0 Å². The summed E-state index contributed by atoms with van der Waals surface area (Å²) in [4.78, 5) is 3.43. The second kappa shape index (κ2) is 3.76. The molecule has 0 spiro atoms. The molecule has 0 bridgehead atoms. The molecule has 0 amide bonds. The van der Waals surface area contributed by atoms with Gasteiger partial charge in [0.25, 0.3) is 0 Å². The Labute approximate surface area is 78.7 Å². The van der Waals surface area contributed by atoms with Crippen LogP contribution < -0.4 is 0 Å². The SMILES string of the molecule is [C-]#[N+]C1=CC(CC2CCO2)CC=C1. The Morgan fingerprint density at radius 2 is 2.46 bits per heavy atom. The summed E-state index contributed by atoms with van der Waals surface area (Å²) in [5, 5.41) is 0. The summed E-state index contributed by atoms with van der Waals surface area (Å²) in [5.74, 6) is 0.527. The monoisotopic (exact) mass is 175 g/mol. The molecule has 1 heterocycles. The van der Waals surface area contributed by atoms with Gasteiger partial charge in [0.2, 0.25) is 0 Å². The van der Waals surface area contributed by atoms with Crippen molar-refractivity contribution in [2.75, 3.05) is 6.61 Å². The van der Waals surface area contributed by atoms with Gasteiger partial charge in [0, 0.05) is 6.61 Å². The van der Waals surface area contributed by atoms with Crippen molar-refractivity contribution in [3.8, 4) is 0 Å². The number of hydrogen-bond donors (Lipinski definition) is 0. The molecular weight excluding hydrogens is 162 g/mol. The highest BCUT2D eigenvalue weighted by atomic mass is 16.5. The standard InChI is InChI=1S/C11H13NO/c1-12-10-4-2-3-9(7-10)8-11-5-6-13-11/h2,4,7,9,11H,3,5-6,8H2. The largest absolute Gasteiger partial charge is 0.378 e. The fourth-order valence-electron chi connectivity index (χ4n) is 1.78. The van der Waals surface area contributed by atoms with Crippen molar-refractivity contribution in [2.24, 2.45) is 5.92 Å². The minimum absolute atomic E-state index is 0.458. The zero-order chi connectivity index (χ0) is 9.10. The third kappa shape index (κ3) is 1.99. The lowest BCUT2D eigenvalue weighted by Gasteiger charge is -2.29. The van der Waals surface area contributed by atoms with Crippen LogP contribution in [0.5, 0.6) is 0 Å². The summed E-state index contributed by atoms with van der Waals surface area (Å²) < 4.78 is 5.37. The molecule has 2 heteroatoms. The number of ether oxygens (including phenoxy) is 1. The summed E-state index contributed by atoms with van der Waals surface area (Å²) in [6.45, 7) is 7.83. The number of rotatable bonds is 2. The van der Waals surface area contributed by atoms with Crippen molar-refractivity contribution in [2.45, 2.75) is 25.4 Å². The van der Waals surface area contributed by atoms with Gasteiger partial charge in [-0.05, 0) is 25.2 Å². The molecule has 0 radical (unpaired) electrons. The molecule has 0 N–H and O–H groups in total. The molecule has 0 saturated carbocycles. The van der Waals surface area contributed by atoms with Gasteiger partial charge in [-0.15, -0.1) is 0 Å². The van der Waals surface area contributed by atoms with Gasteiger partial charge in [-0.2, -0.15) is 0 Å². The molecule has 2 unspecified atom stereocenters. The van der Waals surface area contributed by atoms with E-state index >= 15 is 0 Å². The Kier molecular flexibility index (Phi) is 2.47. The van der Waals surface area contributed by atoms with Crippen LogP contribution in [0.2, 0.25) is 0 Å². The minimum Gasteiger partial charge on any atom is -0.378 e. The molecular formula is C11H13NO. The Balaban J connectivity index is 1.90. The third-order valence-corrected chi connectivity index (χ3v) is 2.62. The van der Waals surface area contributed by atoms with Crippen molar-refractivity contribution in [1.82, 2.24) is 0 Å². The van der Waals surface area contributed by atoms with E-state index in [1.165, 1.54) is 6.42 Å². The Bertz CT molecular complexity index is 281. The first-order chi connectivity index (χ1) is 6.38. The Morgan fingerprint density at radius 1 is 1.62 bits per heavy atom. The van der Waals surface area contributed by atoms with E-state index in [-0.39, 0.29) is 0 Å². The maximum atomic E-state index is 6.90. The highest BCUT2D eigenvalue weighted by Crippen LogP contribution is 2.26. The number of hydrogen-bond acceptors (Lipinski definition) is 1. The molecule has 0 aromatic carbocycles. The average Bonchev–Trinajstić information content (AvgIpc) is 2.12. The van der Waals surface area contributed by atoms with Crippen molar-refractivity contribution >= 4 is 0 Å². The molecule has 1 aliphatic heterocycles. The average molecular weight is 175 g/mol. The van der Waals surface area contributed by atoms with Crippen molar-refractivity contribution in [3.05, 3.63) is 35.3 Å². The van der Waals surface area contributed by atoms with Crippen LogP contribution in [-0.4, -0.2) is 12.7 Å². The molecule has 2 atom stereocenters. The smallest absolute Gasteiger partial charge is 0.183 e. The fraction of sp³-hybridized carbons (Fsp3) is 0.545. The molecule has 1 saturated heterocycles. The quantitative estimate of drug-likeness (QED) is 0.588. The third-order valence-electron chi connectivity index (χ3n) is 2.62. The summed E-state index contributed by atoms with van der Waals surface area (Å²) in [5.41, 5.74) is 0.788. The van der Waals surface area contributed by atoms with Crippen LogP contribution in [-0.2, 0) is 4.74 Å². The predicted molar refractivity (Wildman–Crippen MR) is 50.9 cm³/mol. The molecule has 2 aliphatic rings. The van der Waals surface area contributed by atoms with Gasteiger partial charge >= 0.3 is 0 Å². The molecule has 0 aromatic rings. The summed E-state index contributed by atoms with van der Waals surface area (Å²) >= 11 is 0. The van der Waals surface area contributed by atoms with Crippen LogP contribution in [0.4, 0.5) is 0 Å². The lowest BCUT2D eigenvalue weighted by Crippen LogP contribution is -2.28. The molecule has 68 valence electrons. The van der Waals surface area contributed by atoms with Crippen molar-refractivity contribution in [3.63, 3.8) is 0 Å². The topological polar surface area (TPSA) is 13.6 Å². The Morgan fingerprint density at radius 3 is 3.08 bits per heavy atom. The first-order valence-corrected chi connectivity index (χ1v) is 4.76. The van der Waals surface area contributed by atoms with Gasteiger partial charge in [-0.3, -0.25) is 0 Å². The van der Waals surface area contributed by atoms with Crippen LogP contribution in [0.1, 0.15) is 19.3 Å². The van der Waals surface area contributed by atoms with Gasteiger partial charge in [0.05, 0.1) is 12.7 Å². The Hall–Kier alpha value is -1.07. The summed E-state index contributed by atoms with van der Waals surface area (Å²) in [6, 6.07) is 0. The molecule has 1 aliphatic carbocycles. The maximum absolute atomic E-state index is 6.90. The van der Waals surface area contributed by atoms with Gasteiger partial charge in [-0.25, -0.2) is 4.85 Å². The summed E-state index contributed by atoms with van der Waals surface area (Å²) in [7, 11) is 0. The van der Waals surface area contributed by atoms with E-state index in [2.05, 4.69) is 17.0 Å². The van der Waals surface area contributed by atoms with E-state index in [1.54, 1.807) is 0 Å². The number of nitrogens with zero attached hydrogens (tertiary/aromatic N) is 1. The van der Waals surface area contributed by atoms with E-state index in [0.29, 0.717) is 12.0 Å². The highest BCUT2D eigenvalue weighted by Gasteiger charge is 2.22. The van der Waals surface area contributed by atoms with Gasteiger partial charge in [-0.1, -0.05) is 18.2 Å². The fourth-order valence-corrected chi connectivity index (χ4v) is 1.78. The first kappa shape index (κ1) is 8.52. The van der Waals surface area contributed by atoms with Crippen LogP contribution in [0.25, 0.3) is 4.85 Å². The highest BCUT2D eigenvalue weighted by molar-refractivity contribution is 5.28. The van der Waals surface area contributed by atoms with Crippen molar-refractivity contribution < 1.29 is 4.74 Å². The molecule has 2 nitrogen and oxygen atoms in total. The van der Waals surface area contributed by atoms with E-state index in [9.17, 15) is 0 Å². The molecule has 0 aromatic heterocycles. The van der Waals surface area contributed by atoms with E-state index in [4.69, 9.17) is 11.3 Å².